The summed E-state index contributed by atoms with van der Waals surface area (Å²) in [7, 11) is 0. The van der Waals surface area contributed by atoms with Gasteiger partial charge in [0.05, 0.1) is 5.02 Å². The number of hydrogen-bond donors (Lipinski definition) is 2. The number of nitrogens with one attached hydrogen (secondary N) is 2. The number of rotatable bonds is 1. The molecule has 18 heavy (non-hydrogen) atoms. The fourth-order valence-electron chi connectivity index (χ4n) is 2.03. The van der Waals surface area contributed by atoms with E-state index < -0.39 is 0 Å². The number of nitrogens with zero attached hydrogens (tertiary/aromatic N) is 1. The Hall–Kier alpha value is -0.740. The van der Waals surface area contributed by atoms with Crippen molar-refractivity contribution in [2.75, 3.05) is 13.1 Å². The Bertz CT molecular complexity index is 563. The maximum Gasteiger partial charge on any atom is 0.139 e. The zero-order valence-electron chi connectivity index (χ0n) is 9.57. The maximum atomic E-state index is 6.12. The van der Waals surface area contributed by atoms with Gasteiger partial charge in [-0.3, -0.25) is 0 Å². The summed E-state index contributed by atoms with van der Waals surface area (Å²) >= 11 is 6.12. The van der Waals surface area contributed by atoms with Crippen molar-refractivity contribution in [1.82, 2.24) is 15.3 Å². The van der Waals surface area contributed by atoms with E-state index in [-0.39, 0.29) is 24.8 Å². The molecule has 0 aromatic carbocycles. The molecule has 2 aromatic rings. The van der Waals surface area contributed by atoms with Gasteiger partial charge < -0.3 is 10.3 Å². The van der Waals surface area contributed by atoms with Crippen LogP contribution in [0.1, 0.15) is 12.1 Å². The largest absolute Gasteiger partial charge is 0.339 e. The highest BCUT2D eigenvalue weighted by molar-refractivity contribution is 6.35. The standard InChI is InChI=1S/C12H12ClN3.2ClH/c13-10-3-6-15-12-9(10)7-11(16-12)8-1-4-14-5-2-8;;/h1,3,6-7,14H,2,4-5H2,(H,15,16);2*1H. The summed E-state index contributed by atoms with van der Waals surface area (Å²) in [6.45, 7) is 1.97. The maximum absolute atomic E-state index is 6.12. The molecule has 1 aliphatic rings. The molecule has 0 saturated heterocycles. The van der Waals surface area contributed by atoms with Crippen LogP contribution in [0.5, 0.6) is 0 Å². The molecule has 0 spiro atoms. The lowest BCUT2D eigenvalue weighted by molar-refractivity contribution is 0.737. The average molecular weight is 307 g/mol. The van der Waals surface area contributed by atoms with Crippen LogP contribution in [0.25, 0.3) is 16.6 Å². The second kappa shape index (κ2) is 6.43. The molecule has 2 N–H and O–H groups in total. The van der Waals surface area contributed by atoms with Gasteiger partial charge in [-0.1, -0.05) is 17.7 Å². The van der Waals surface area contributed by atoms with Crippen molar-refractivity contribution >= 4 is 53.0 Å². The van der Waals surface area contributed by atoms with E-state index >= 15 is 0 Å². The van der Waals surface area contributed by atoms with E-state index in [1.165, 1.54) is 5.57 Å². The van der Waals surface area contributed by atoms with Gasteiger partial charge in [0.2, 0.25) is 0 Å². The summed E-state index contributed by atoms with van der Waals surface area (Å²) in [5, 5.41) is 5.05. The Morgan fingerprint density at radius 1 is 1.28 bits per heavy atom. The highest BCUT2D eigenvalue weighted by Crippen LogP contribution is 2.27. The normalized spacial score (nSPS) is 14.6. The first-order chi connectivity index (χ1) is 7.84. The summed E-state index contributed by atoms with van der Waals surface area (Å²) in [6, 6.07) is 3.90. The molecule has 2 aromatic heterocycles. The molecular formula is C12H14Cl3N3. The van der Waals surface area contributed by atoms with E-state index in [1.54, 1.807) is 6.20 Å². The highest BCUT2D eigenvalue weighted by Gasteiger charge is 2.10. The summed E-state index contributed by atoms with van der Waals surface area (Å²) in [4.78, 5) is 7.59. The van der Waals surface area contributed by atoms with E-state index in [0.717, 1.165) is 41.3 Å². The second-order valence-corrected chi connectivity index (χ2v) is 4.33. The minimum absolute atomic E-state index is 0. The SMILES string of the molecule is Cl.Cl.Clc1ccnc2[nH]c(C3=CCNCC3)cc12. The first kappa shape index (κ1) is 15.3. The van der Waals surface area contributed by atoms with Crippen LogP contribution in [0.3, 0.4) is 0 Å². The molecule has 6 heteroatoms. The lowest BCUT2D eigenvalue weighted by Crippen LogP contribution is -2.20. The van der Waals surface area contributed by atoms with E-state index in [2.05, 4.69) is 27.4 Å². The van der Waals surface area contributed by atoms with E-state index in [4.69, 9.17) is 11.6 Å². The Kier molecular flexibility index (Phi) is 5.47. The van der Waals surface area contributed by atoms with E-state index in [9.17, 15) is 0 Å². The van der Waals surface area contributed by atoms with Crippen molar-refractivity contribution in [3.8, 4) is 0 Å². The third-order valence-corrected chi connectivity index (χ3v) is 3.22. The molecule has 0 unspecified atom stereocenters. The third-order valence-electron chi connectivity index (χ3n) is 2.89. The van der Waals surface area contributed by atoms with Crippen molar-refractivity contribution in [3.63, 3.8) is 0 Å². The van der Waals surface area contributed by atoms with Gasteiger partial charge in [-0.15, -0.1) is 24.8 Å². The molecule has 1 aliphatic heterocycles. The zero-order chi connectivity index (χ0) is 11.0. The van der Waals surface area contributed by atoms with E-state index in [0.29, 0.717) is 0 Å². The number of pyridine rings is 1. The summed E-state index contributed by atoms with van der Waals surface area (Å²) in [6.07, 6.45) is 4.98. The Labute approximate surface area is 123 Å². The van der Waals surface area contributed by atoms with Gasteiger partial charge in [-0.2, -0.15) is 0 Å². The molecule has 3 rings (SSSR count). The molecule has 98 valence electrons. The minimum atomic E-state index is 0. The van der Waals surface area contributed by atoms with Crippen LogP contribution >= 0.6 is 36.4 Å². The smallest absolute Gasteiger partial charge is 0.139 e. The van der Waals surface area contributed by atoms with Gasteiger partial charge in [0, 0.05) is 23.8 Å². The molecular weight excluding hydrogens is 293 g/mol. The molecule has 0 saturated carbocycles. The highest BCUT2D eigenvalue weighted by atomic mass is 35.5. The minimum Gasteiger partial charge on any atom is -0.339 e. The zero-order valence-corrected chi connectivity index (χ0v) is 12.0. The Balaban J connectivity index is 0.000000810. The molecule has 0 fully saturated rings. The van der Waals surface area contributed by atoms with Crippen LogP contribution in [0.4, 0.5) is 0 Å². The Morgan fingerprint density at radius 3 is 2.78 bits per heavy atom. The molecule has 0 amide bonds. The molecule has 0 bridgehead atoms. The van der Waals surface area contributed by atoms with Crippen LogP contribution in [-0.4, -0.2) is 23.1 Å². The fraction of sp³-hybridized carbons (Fsp3) is 0.250. The number of halogens is 3. The predicted molar refractivity (Wildman–Crippen MR) is 81.1 cm³/mol. The van der Waals surface area contributed by atoms with Crippen molar-refractivity contribution in [2.24, 2.45) is 0 Å². The summed E-state index contributed by atoms with van der Waals surface area (Å²) in [5.74, 6) is 0. The molecule has 3 nitrogen and oxygen atoms in total. The van der Waals surface area contributed by atoms with Gasteiger partial charge in [-0.25, -0.2) is 4.98 Å². The van der Waals surface area contributed by atoms with Gasteiger partial charge in [0.25, 0.3) is 0 Å². The molecule has 3 heterocycles. The third kappa shape index (κ3) is 2.81. The monoisotopic (exact) mass is 305 g/mol. The number of aromatic amines is 1. The summed E-state index contributed by atoms with van der Waals surface area (Å²) < 4.78 is 0. The van der Waals surface area contributed by atoms with Crippen molar-refractivity contribution in [3.05, 3.63) is 35.1 Å². The van der Waals surface area contributed by atoms with Gasteiger partial charge in [-0.05, 0) is 30.7 Å². The fourth-order valence-corrected chi connectivity index (χ4v) is 2.24. The van der Waals surface area contributed by atoms with Crippen LogP contribution in [0.2, 0.25) is 5.02 Å². The number of hydrogen-bond acceptors (Lipinski definition) is 2. The van der Waals surface area contributed by atoms with Crippen molar-refractivity contribution in [2.45, 2.75) is 6.42 Å². The number of H-pyrrole nitrogens is 1. The topological polar surface area (TPSA) is 40.7 Å². The quantitative estimate of drug-likeness (QED) is 0.847. The van der Waals surface area contributed by atoms with E-state index in [1.807, 2.05) is 6.07 Å². The van der Waals surface area contributed by atoms with Crippen LogP contribution < -0.4 is 5.32 Å². The second-order valence-electron chi connectivity index (χ2n) is 3.92. The van der Waals surface area contributed by atoms with Crippen LogP contribution in [0, 0.1) is 0 Å². The van der Waals surface area contributed by atoms with Crippen molar-refractivity contribution in [1.29, 1.82) is 0 Å². The molecule has 0 radical (unpaired) electrons. The average Bonchev–Trinajstić information content (AvgIpc) is 2.76. The lowest BCUT2D eigenvalue weighted by Gasteiger charge is -2.12. The number of aromatic nitrogens is 2. The predicted octanol–water partition coefficient (Wildman–Crippen LogP) is 3.44. The first-order valence-electron chi connectivity index (χ1n) is 5.38. The lowest BCUT2D eigenvalue weighted by atomic mass is 10.1. The number of fused-ring (bicyclic) bond motifs is 1. The van der Waals surface area contributed by atoms with Gasteiger partial charge >= 0.3 is 0 Å². The molecule has 0 atom stereocenters. The Morgan fingerprint density at radius 2 is 2.11 bits per heavy atom. The van der Waals surface area contributed by atoms with Gasteiger partial charge in [0.1, 0.15) is 5.65 Å². The van der Waals surface area contributed by atoms with Crippen LogP contribution in [0.15, 0.2) is 24.4 Å². The van der Waals surface area contributed by atoms with Crippen LogP contribution in [-0.2, 0) is 0 Å². The van der Waals surface area contributed by atoms with Crippen molar-refractivity contribution < 1.29 is 0 Å². The molecule has 0 aliphatic carbocycles. The summed E-state index contributed by atoms with van der Waals surface area (Å²) in [5.41, 5.74) is 3.34. The van der Waals surface area contributed by atoms with Gasteiger partial charge in [0.15, 0.2) is 0 Å². The first-order valence-corrected chi connectivity index (χ1v) is 5.76.